The number of nitrogens with two attached hydrogens (primary N) is 3. The summed E-state index contributed by atoms with van der Waals surface area (Å²) in [7, 11) is 0. The number of hydrogen-bond acceptors (Lipinski definition) is 3. The third-order valence-corrected chi connectivity index (χ3v) is 2.09. The van der Waals surface area contributed by atoms with Gasteiger partial charge in [-0.15, -0.1) is 0 Å². The van der Waals surface area contributed by atoms with Crippen molar-refractivity contribution in [3.63, 3.8) is 0 Å². The van der Waals surface area contributed by atoms with E-state index in [9.17, 15) is 4.79 Å². The Bertz CT molecular complexity index is 235. The zero-order valence-electron chi connectivity index (χ0n) is 10.1. The summed E-state index contributed by atoms with van der Waals surface area (Å²) in [6.45, 7) is 4.77. The van der Waals surface area contributed by atoms with Crippen LogP contribution in [0.2, 0.25) is 0 Å². The molecule has 0 bridgehead atoms. The van der Waals surface area contributed by atoms with Gasteiger partial charge in [-0.1, -0.05) is 13.8 Å². The van der Waals surface area contributed by atoms with Crippen LogP contribution in [0.4, 0.5) is 0 Å². The van der Waals surface area contributed by atoms with Crippen molar-refractivity contribution in [2.45, 2.75) is 32.7 Å². The summed E-state index contributed by atoms with van der Waals surface area (Å²) in [5, 5.41) is 2.78. The van der Waals surface area contributed by atoms with Gasteiger partial charge < -0.3 is 22.5 Å². The minimum Gasteiger partial charge on any atom is -0.370 e. The fourth-order valence-electron chi connectivity index (χ4n) is 1.10. The van der Waals surface area contributed by atoms with Crippen molar-refractivity contribution < 1.29 is 4.79 Å². The van der Waals surface area contributed by atoms with Gasteiger partial charge in [0, 0.05) is 25.0 Å². The predicted molar refractivity (Wildman–Crippen MR) is 65.7 cm³/mol. The van der Waals surface area contributed by atoms with Gasteiger partial charge >= 0.3 is 0 Å². The molecular weight excluding hydrogens is 206 g/mol. The Morgan fingerprint density at radius 1 is 1.38 bits per heavy atom. The van der Waals surface area contributed by atoms with Gasteiger partial charge in [0.2, 0.25) is 5.91 Å². The number of rotatable bonds is 7. The maximum atomic E-state index is 11.2. The zero-order chi connectivity index (χ0) is 12.6. The van der Waals surface area contributed by atoms with Crippen molar-refractivity contribution in [3.05, 3.63) is 0 Å². The highest BCUT2D eigenvalue weighted by molar-refractivity contribution is 5.77. The highest BCUT2D eigenvalue weighted by Crippen LogP contribution is 1.95. The van der Waals surface area contributed by atoms with Crippen LogP contribution in [-0.4, -0.2) is 31.0 Å². The number of guanidine groups is 1. The van der Waals surface area contributed by atoms with Crippen molar-refractivity contribution in [1.29, 1.82) is 0 Å². The molecule has 0 radical (unpaired) electrons. The lowest BCUT2D eigenvalue weighted by molar-refractivity contribution is -0.124. The Labute approximate surface area is 96.7 Å². The normalized spacial score (nSPS) is 12.2. The van der Waals surface area contributed by atoms with Crippen LogP contribution in [-0.2, 0) is 4.79 Å². The van der Waals surface area contributed by atoms with E-state index in [1.807, 2.05) is 13.8 Å². The molecule has 0 heterocycles. The number of nitrogens with one attached hydrogen (secondary N) is 1. The first kappa shape index (κ1) is 14.7. The Balaban J connectivity index is 3.56. The molecule has 1 amide bonds. The molecule has 6 nitrogen and oxygen atoms in total. The van der Waals surface area contributed by atoms with Crippen LogP contribution in [0.1, 0.15) is 26.7 Å². The van der Waals surface area contributed by atoms with Crippen LogP contribution in [0, 0.1) is 5.92 Å². The standard InChI is InChI=1S/C10H23N5O/c1-7(2)9(16)15-6-8(11)4-3-5-14-10(12)13/h7-8H,3-6,11H2,1-2H3,(H,15,16)(H4,12,13,14)/t8-/m0/s1. The Morgan fingerprint density at radius 2 is 2.00 bits per heavy atom. The Morgan fingerprint density at radius 3 is 2.50 bits per heavy atom. The van der Waals surface area contributed by atoms with Crippen molar-refractivity contribution in [3.8, 4) is 0 Å². The van der Waals surface area contributed by atoms with Crippen molar-refractivity contribution in [2.24, 2.45) is 28.1 Å². The second-order valence-electron chi connectivity index (χ2n) is 4.11. The van der Waals surface area contributed by atoms with E-state index in [0.717, 1.165) is 12.8 Å². The lowest BCUT2D eigenvalue weighted by Gasteiger charge is -2.13. The van der Waals surface area contributed by atoms with Gasteiger partial charge in [0.1, 0.15) is 0 Å². The van der Waals surface area contributed by atoms with Crippen LogP contribution < -0.4 is 22.5 Å². The molecule has 0 aliphatic heterocycles. The fraction of sp³-hybridized carbons (Fsp3) is 0.800. The van der Waals surface area contributed by atoms with Crippen molar-refractivity contribution in [2.75, 3.05) is 13.1 Å². The molecule has 0 unspecified atom stereocenters. The summed E-state index contributed by atoms with van der Waals surface area (Å²) < 4.78 is 0. The van der Waals surface area contributed by atoms with Crippen LogP contribution in [0.5, 0.6) is 0 Å². The Kier molecular flexibility index (Phi) is 7.28. The number of carbonyl (C=O) groups excluding carboxylic acids is 1. The largest absolute Gasteiger partial charge is 0.370 e. The molecule has 0 aromatic rings. The minimum atomic E-state index is -0.0445. The molecule has 0 aliphatic rings. The summed E-state index contributed by atoms with van der Waals surface area (Å²) in [6, 6.07) is -0.0445. The average Bonchev–Trinajstić information content (AvgIpc) is 2.20. The number of carbonyl (C=O) groups is 1. The third kappa shape index (κ3) is 8.05. The molecule has 0 aliphatic carbocycles. The van der Waals surface area contributed by atoms with Gasteiger partial charge in [-0.2, -0.15) is 0 Å². The van der Waals surface area contributed by atoms with Gasteiger partial charge in [-0.3, -0.25) is 9.79 Å². The van der Waals surface area contributed by atoms with E-state index in [1.165, 1.54) is 0 Å². The molecule has 6 heteroatoms. The van der Waals surface area contributed by atoms with Gasteiger partial charge in [0.25, 0.3) is 0 Å². The maximum Gasteiger partial charge on any atom is 0.222 e. The van der Waals surface area contributed by atoms with Gasteiger partial charge in [0.15, 0.2) is 5.96 Å². The van der Waals surface area contributed by atoms with E-state index in [1.54, 1.807) is 0 Å². The minimum absolute atomic E-state index is 0.00571. The molecule has 0 aromatic carbocycles. The Hall–Kier alpha value is -1.30. The summed E-state index contributed by atoms with van der Waals surface area (Å²) in [5.74, 6) is 0.121. The number of aliphatic imine (C=N–C) groups is 1. The van der Waals surface area contributed by atoms with Gasteiger partial charge in [0.05, 0.1) is 0 Å². The summed E-state index contributed by atoms with van der Waals surface area (Å²) >= 11 is 0. The maximum absolute atomic E-state index is 11.2. The molecule has 16 heavy (non-hydrogen) atoms. The fourth-order valence-corrected chi connectivity index (χ4v) is 1.10. The lowest BCUT2D eigenvalue weighted by Crippen LogP contribution is -2.39. The van der Waals surface area contributed by atoms with Crippen LogP contribution in [0.3, 0.4) is 0 Å². The van der Waals surface area contributed by atoms with Crippen molar-refractivity contribution >= 4 is 11.9 Å². The molecule has 94 valence electrons. The SMILES string of the molecule is CC(C)C(=O)NC[C@@H](N)CCCN=C(N)N. The molecule has 0 rings (SSSR count). The number of hydrogen-bond donors (Lipinski definition) is 4. The summed E-state index contributed by atoms with van der Waals surface area (Å²) in [6.07, 6.45) is 1.60. The van der Waals surface area contributed by atoms with E-state index in [0.29, 0.717) is 13.1 Å². The van der Waals surface area contributed by atoms with Crippen LogP contribution in [0.25, 0.3) is 0 Å². The monoisotopic (exact) mass is 229 g/mol. The second-order valence-corrected chi connectivity index (χ2v) is 4.11. The van der Waals surface area contributed by atoms with E-state index in [4.69, 9.17) is 17.2 Å². The van der Waals surface area contributed by atoms with Crippen LogP contribution >= 0.6 is 0 Å². The van der Waals surface area contributed by atoms with Crippen molar-refractivity contribution in [1.82, 2.24) is 5.32 Å². The highest BCUT2D eigenvalue weighted by atomic mass is 16.1. The molecule has 0 fully saturated rings. The van der Waals surface area contributed by atoms with Crippen LogP contribution in [0.15, 0.2) is 4.99 Å². The molecule has 7 N–H and O–H groups in total. The smallest absolute Gasteiger partial charge is 0.222 e. The molecule has 0 aromatic heterocycles. The summed E-state index contributed by atoms with van der Waals surface area (Å²) in [5.41, 5.74) is 16.2. The van der Waals surface area contributed by atoms with E-state index < -0.39 is 0 Å². The second kappa shape index (κ2) is 7.92. The number of nitrogens with zero attached hydrogens (tertiary/aromatic N) is 1. The molecular formula is C10H23N5O. The predicted octanol–water partition coefficient (Wildman–Crippen LogP) is -0.860. The first-order chi connectivity index (χ1) is 7.43. The van der Waals surface area contributed by atoms with Gasteiger partial charge in [-0.25, -0.2) is 0 Å². The lowest BCUT2D eigenvalue weighted by atomic mass is 10.1. The van der Waals surface area contributed by atoms with E-state index in [2.05, 4.69) is 10.3 Å². The molecule has 0 spiro atoms. The van der Waals surface area contributed by atoms with E-state index >= 15 is 0 Å². The first-order valence-electron chi connectivity index (χ1n) is 5.52. The first-order valence-corrected chi connectivity index (χ1v) is 5.52. The molecule has 1 atom stereocenters. The highest BCUT2D eigenvalue weighted by Gasteiger charge is 2.08. The number of amides is 1. The average molecular weight is 229 g/mol. The summed E-state index contributed by atoms with van der Waals surface area (Å²) in [4.78, 5) is 15.1. The quantitative estimate of drug-likeness (QED) is 0.258. The third-order valence-electron chi connectivity index (χ3n) is 2.09. The van der Waals surface area contributed by atoms with Gasteiger partial charge in [-0.05, 0) is 12.8 Å². The molecule has 0 saturated heterocycles. The van der Waals surface area contributed by atoms with E-state index in [-0.39, 0.29) is 23.8 Å². The zero-order valence-corrected chi connectivity index (χ0v) is 10.1. The molecule has 0 saturated carbocycles. The topological polar surface area (TPSA) is 120 Å².